The first kappa shape index (κ1) is 19.6. The average Bonchev–Trinajstić information content (AvgIpc) is 3.06. The number of aromatic nitrogens is 2. The van der Waals surface area contributed by atoms with E-state index >= 15 is 0 Å². The van der Waals surface area contributed by atoms with Crippen molar-refractivity contribution in [3.05, 3.63) is 65.1 Å². The highest BCUT2D eigenvalue weighted by Gasteiger charge is 2.19. The van der Waals surface area contributed by atoms with E-state index in [-0.39, 0.29) is 11.9 Å². The molecule has 0 bridgehead atoms. The molecule has 0 aliphatic carbocycles. The molecule has 0 aliphatic rings. The molecule has 2 aromatic heterocycles. The van der Waals surface area contributed by atoms with E-state index in [0.29, 0.717) is 30.0 Å². The molecule has 1 aromatic carbocycles. The molecule has 1 N–H and O–H groups in total. The number of benzene rings is 1. The van der Waals surface area contributed by atoms with Gasteiger partial charge in [0.25, 0.3) is 5.91 Å². The van der Waals surface area contributed by atoms with Gasteiger partial charge in [0.1, 0.15) is 11.3 Å². The van der Waals surface area contributed by atoms with Crippen LogP contribution in [0.4, 0.5) is 5.69 Å². The Labute approximate surface area is 164 Å². The molecule has 146 valence electrons. The van der Waals surface area contributed by atoms with Crippen LogP contribution in [0.15, 0.2) is 42.6 Å². The van der Waals surface area contributed by atoms with Gasteiger partial charge in [0.2, 0.25) is 0 Å². The van der Waals surface area contributed by atoms with Gasteiger partial charge in [-0.05, 0) is 49.6 Å². The van der Waals surface area contributed by atoms with Gasteiger partial charge < -0.3 is 10.1 Å². The fourth-order valence-corrected chi connectivity index (χ4v) is 2.99. The van der Waals surface area contributed by atoms with E-state index in [1.807, 2.05) is 43.5 Å². The number of amides is 1. The Morgan fingerprint density at radius 1 is 1.18 bits per heavy atom. The molecule has 0 atom stereocenters. The van der Waals surface area contributed by atoms with Crippen molar-refractivity contribution in [2.45, 2.75) is 40.0 Å². The number of carbonyl (C=O) groups is 2. The zero-order valence-electron chi connectivity index (χ0n) is 16.5. The Morgan fingerprint density at radius 3 is 2.75 bits per heavy atom. The third-order valence-electron chi connectivity index (χ3n) is 4.48. The lowest BCUT2D eigenvalue weighted by Gasteiger charge is -2.09. The Hall–Kier alpha value is -3.15. The fourth-order valence-electron chi connectivity index (χ4n) is 2.99. The molecular weight excluding hydrogens is 354 g/mol. The summed E-state index contributed by atoms with van der Waals surface area (Å²) in [4.78, 5) is 29.7. The maximum absolute atomic E-state index is 13.0. The summed E-state index contributed by atoms with van der Waals surface area (Å²) < 4.78 is 7.05. The number of carbonyl (C=O) groups excluding carboxylic acids is 2. The lowest BCUT2D eigenvalue weighted by molar-refractivity contribution is 0.0499. The standard InChI is InChI=1S/C22H25N3O3/c1-4-6-12-28-22(27)16-8-7-9-17(13-16)23-21(26)20-18(5-2)24-19-11-10-15(3)14-25(19)20/h7-11,13-14H,4-6,12H2,1-3H3,(H,23,26). The topological polar surface area (TPSA) is 72.7 Å². The maximum atomic E-state index is 13.0. The molecule has 0 fully saturated rings. The highest BCUT2D eigenvalue weighted by molar-refractivity contribution is 6.05. The SMILES string of the molecule is CCCCOC(=O)c1cccc(NC(=O)c2c(CC)nc3ccc(C)cn23)c1. The van der Waals surface area contributed by atoms with Crippen LogP contribution in [0.3, 0.4) is 0 Å². The average molecular weight is 379 g/mol. The minimum atomic E-state index is -0.385. The third kappa shape index (κ3) is 4.22. The number of hydrogen-bond acceptors (Lipinski definition) is 4. The number of unbranched alkanes of at least 4 members (excludes halogenated alkanes) is 1. The van der Waals surface area contributed by atoms with Crippen LogP contribution in [0, 0.1) is 6.92 Å². The summed E-state index contributed by atoms with van der Waals surface area (Å²) in [7, 11) is 0. The summed E-state index contributed by atoms with van der Waals surface area (Å²) in [6.45, 7) is 6.38. The van der Waals surface area contributed by atoms with Crippen molar-refractivity contribution in [2.75, 3.05) is 11.9 Å². The minimum absolute atomic E-state index is 0.258. The molecule has 0 radical (unpaired) electrons. The smallest absolute Gasteiger partial charge is 0.338 e. The van der Waals surface area contributed by atoms with Gasteiger partial charge in [-0.3, -0.25) is 9.20 Å². The second-order valence-electron chi connectivity index (χ2n) is 6.72. The Balaban J connectivity index is 1.84. The lowest BCUT2D eigenvalue weighted by Crippen LogP contribution is -2.17. The van der Waals surface area contributed by atoms with E-state index in [9.17, 15) is 9.59 Å². The Kier molecular flexibility index (Phi) is 6.09. The van der Waals surface area contributed by atoms with Crippen LogP contribution < -0.4 is 5.32 Å². The number of nitrogens with one attached hydrogen (secondary N) is 1. The zero-order chi connectivity index (χ0) is 20.1. The van der Waals surface area contributed by atoms with Crippen LogP contribution in [0.2, 0.25) is 0 Å². The predicted molar refractivity (Wildman–Crippen MR) is 109 cm³/mol. The number of anilines is 1. The van der Waals surface area contributed by atoms with Crippen molar-refractivity contribution in [3.63, 3.8) is 0 Å². The van der Waals surface area contributed by atoms with Crippen LogP contribution >= 0.6 is 0 Å². The molecular formula is C22H25N3O3. The van der Waals surface area contributed by atoms with Crippen molar-refractivity contribution in [1.29, 1.82) is 0 Å². The first-order valence-corrected chi connectivity index (χ1v) is 9.59. The third-order valence-corrected chi connectivity index (χ3v) is 4.48. The first-order valence-electron chi connectivity index (χ1n) is 9.59. The van der Waals surface area contributed by atoms with E-state index in [1.54, 1.807) is 24.3 Å². The minimum Gasteiger partial charge on any atom is -0.462 e. The maximum Gasteiger partial charge on any atom is 0.338 e. The van der Waals surface area contributed by atoms with Gasteiger partial charge in [0.15, 0.2) is 0 Å². The van der Waals surface area contributed by atoms with Crippen molar-refractivity contribution in [1.82, 2.24) is 9.38 Å². The van der Waals surface area contributed by atoms with Gasteiger partial charge in [0, 0.05) is 11.9 Å². The monoisotopic (exact) mass is 379 g/mol. The lowest BCUT2D eigenvalue weighted by atomic mass is 10.2. The second-order valence-corrected chi connectivity index (χ2v) is 6.72. The van der Waals surface area contributed by atoms with Gasteiger partial charge in [-0.2, -0.15) is 0 Å². The number of imidazole rings is 1. The summed E-state index contributed by atoms with van der Waals surface area (Å²) >= 11 is 0. The molecule has 0 aliphatic heterocycles. The van der Waals surface area contributed by atoms with Gasteiger partial charge in [0.05, 0.1) is 17.9 Å². The van der Waals surface area contributed by atoms with E-state index in [2.05, 4.69) is 10.3 Å². The zero-order valence-corrected chi connectivity index (χ0v) is 16.5. The fraction of sp³-hybridized carbons (Fsp3) is 0.318. The number of aryl methyl sites for hydroxylation is 2. The van der Waals surface area contributed by atoms with E-state index in [0.717, 1.165) is 29.7 Å². The predicted octanol–water partition coefficient (Wildman–Crippen LogP) is 4.41. The largest absolute Gasteiger partial charge is 0.462 e. The normalized spacial score (nSPS) is 10.8. The molecule has 3 rings (SSSR count). The van der Waals surface area contributed by atoms with Crippen molar-refractivity contribution in [2.24, 2.45) is 0 Å². The van der Waals surface area contributed by atoms with Crippen LogP contribution in [-0.4, -0.2) is 27.9 Å². The summed E-state index contributed by atoms with van der Waals surface area (Å²) in [6.07, 6.45) is 4.34. The highest BCUT2D eigenvalue weighted by Crippen LogP contribution is 2.18. The van der Waals surface area contributed by atoms with Crippen LogP contribution in [0.25, 0.3) is 5.65 Å². The molecule has 0 saturated carbocycles. The van der Waals surface area contributed by atoms with E-state index in [4.69, 9.17) is 4.74 Å². The molecule has 28 heavy (non-hydrogen) atoms. The summed E-state index contributed by atoms with van der Waals surface area (Å²) in [5.74, 6) is -0.643. The van der Waals surface area contributed by atoms with Crippen molar-refractivity contribution >= 4 is 23.2 Å². The second kappa shape index (κ2) is 8.69. The molecule has 0 unspecified atom stereocenters. The van der Waals surface area contributed by atoms with Crippen molar-refractivity contribution in [3.8, 4) is 0 Å². The summed E-state index contributed by atoms with van der Waals surface area (Å²) in [5, 5.41) is 2.89. The number of nitrogens with zero attached hydrogens (tertiary/aromatic N) is 2. The van der Waals surface area contributed by atoms with Crippen molar-refractivity contribution < 1.29 is 14.3 Å². The number of rotatable bonds is 7. The number of esters is 1. The van der Waals surface area contributed by atoms with Gasteiger partial charge >= 0.3 is 5.97 Å². The van der Waals surface area contributed by atoms with Crippen LogP contribution in [-0.2, 0) is 11.2 Å². The van der Waals surface area contributed by atoms with E-state index in [1.165, 1.54) is 0 Å². The number of fused-ring (bicyclic) bond motifs is 1. The van der Waals surface area contributed by atoms with E-state index < -0.39 is 0 Å². The first-order chi connectivity index (χ1) is 13.5. The summed E-state index contributed by atoms with van der Waals surface area (Å²) in [6, 6.07) is 10.7. The molecule has 0 saturated heterocycles. The van der Waals surface area contributed by atoms with Crippen LogP contribution in [0.5, 0.6) is 0 Å². The molecule has 0 spiro atoms. The molecule has 6 nitrogen and oxygen atoms in total. The Bertz CT molecular complexity index is 1010. The number of hydrogen-bond donors (Lipinski definition) is 1. The quantitative estimate of drug-likeness (QED) is 0.487. The van der Waals surface area contributed by atoms with Gasteiger partial charge in [-0.1, -0.05) is 32.4 Å². The van der Waals surface area contributed by atoms with Gasteiger partial charge in [-0.25, -0.2) is 9.78 Å². The Morgan fingerprint density at radius 2 is 2.00 bits per heavy atom. The molecule has 2 heterocycles. The summed E-state index contributed by atoms with van der Waals surface area (Å²) in [5.41, 5.74) is 3.98. The number of pyridine rings is 1. The molecule has 1 amide bonds. The van der Waals surface area contributed by atoms with Gasteiger partial charge in [-0.15, -0.1) is 0 Å². The molecule has 6 heteroatoms. The molecule has 3 aromatic rings. The van der Waals surface area contributed by atoms with Crippen LogP contribution in [0.1, 0.15) is 58.8 Å². The number of ether oxygens (including phenoxy) is 1. The highest BCUT2D eigenvalue weighted by atomic mass is 16.5.